The fourth-order valence-electron chi connectivity index (χ4n) is 5.10. The molecule has 1 fully saturated rings. The molecule has 1 saturated heterocycles. The fraction of sp³-hybridized carbons (Fsp3) is 0.423. The largest absolute Gasteiger partial charge is 0.332 e. The van der Waals surface area contributed by atoms with Crippen LogP contribution in [0.1, 0.15) is 49.7 Å². The highest BCUT2D eigenvalue weighted by Crippen LogP contribution is 2.40. The molecule has 0 saturated carbocycles. The van der Waals surface area contributed by atoms with Crippen LogP contribution in [0, 0.1) is 11.3 Å². The van der Waals surface area contributed by atoms with E-state index in [-0.39, 0.29) is 29.0 Å². The predicted octanol–water partition coefficient (Wildman–Crippen LogP) is 4.10. The number of hydrogen-bond acceptors (Lipinski definition) is 3. The van der Waals surface area contributed by atoms with E-state index in [0.29, 0.717) is 13.1 Å². The molecule has 1 aliphatic carbocycles. The van der Waals surface area contributed by atoms with Gasteiger partial charge in [0.1, 0.15) is 0 Å². The van der Waals surface area contributed by atoms with Crippen LogP contribution in [0.5, 0.6) is 0 Å². The number of nitrogens with zero attached hydrogens (tertiary/aromatic N) is 4. The summed E-state index contributed by atoms with van der Waals surface area (Å²) in [7, 11) is 1.79. The third-order valence-electron chi connectivity index (χ3n) is 6.63. The predicted molar refractivity (Wildman–Crippen MR) is 126 cm³/mol. The monoisotopic (exact) mass is 430 g/mol. The Morgan fingerprint density at radius 1 is 1.09 bits per heavy atom. The first-order valence-corrected chi connectivity index (χ1v) is 11.4. The van der Waals surface area contributed by atoms with Crippen LogP contribution in [0.4, 0.5) is 0 Å². The molecule has 6 nitrogen and oxygen atoms in total. The van der Waals surface area contributed by atoms with E-state index in [1.54, 1.807) is 11.6 Å². The number of benzene rings is 1. The van der Waals surface area contributed by atoms with Crippen LogP contribution in [0.15, 0.2) is 53.3 Å². The SMILES string of the molecule is Cn1c(=O)n(CC(C)(C)C)c2ccc(C3=CC4CCC3CN4C(=O)c3ccccc3)nc21. The highest BCUT2D eigenvalue weighted by molar-refractivity contribution is 5.95. The molecule has 6 heteroatoms. The van der Waals surface area contributed by atoms with Crippen LogP contribution in [-0.4, -0.2) is 37.5 Å². The first kappa shape index (κ1) is 20.7. The van der Waals surface area contributed by atoms with E-state index in [2.05, 4.69) is 26.8 Å². The number of aryl methyl sites for hydroxylation is 1. The van der Waals surface area contributed by atoms with E-state index in [1.807, 2.05) is 51.9 Å². The first-order chi connectivity index (χ1) is 15.2. The molecule has 1 amide bonds. The zero-order valence-corrected chi connectivity index (χ0v) is 19.2. The van der Waals surface area contributed by atoms with Crippen molar-refractivity contribution in [3.8, 4) is 0 Å². The van der Waals surface area contributed by atoms with Crippen LogP contribution in [-0.2, 0) is 13.6 Å². The van der Waals surface area contributed by atoms with Gasteiger partial charge in [0.15, 0.2) is 5.65 Å². The van der Waals surface area contributed by atoms with Gasteiger partial charge in [-0.15, -0.1) is 0 Å². The molecule has 2 aliphatic heterocycles. The molecule has 3 aromatic rings. The Balaban J connectivity index is 1.49. The van der Waals surface area contributed by atoms with Gasteiger partial charge in [-0.2, -0.15) is 0 Å². The maximum Gasteiger partial charge on any atom is 0.330 e. The van der Waals surface area contributed by atoms with E-state index in [0.717, 1.165) is 35.3 Å². The molecule has 0 spiro atoms. The van der Waals surface area contributed by atoms with Crippen LogP contribution in [0.25, 0.3) is 16.7 Å². The Bertz CT molecular complexity index is 1280. The van der Waals surface area contributed by atoms with Crippen LogP contribution >= 0.6 is 0 Å². The number of fused-ring (bicyclic) bond motifs is 3. The standard InChI is InChI=1S/C26H30N4O2/c1-26(2,3)16-30-22-13-12-21(27-23(22)28(4)25(30)32)20-14-19-11-10-18(20)15-29(19)24(31)17-8-6-5-7-9-17/h5-9,12-14,18-19H,10-11,15-16H2,1-4H3. The molecule has 32 heavy (non-hydrogen) atoms. The number of hydrogen-bond donors (Lipinski definition) is 0. The van der Waals surface area contributed by atoms with Gasteiger partial charge in [-0.25, -0.2) is 9.78 Å². The number of imidazole rings is 1. The molecule has 2 atom stereocenters. The average Bonchev–Trinajstić information content (AvgIpc) is 3.02. The second-order valence-electron chi connectivity index (χ2n) is 10.3. The average molecular weight is 431 g/mol. The summed E-state index contributed by atoms with van der Waals surface area (Å²) in [6.45, 7) is 7.76. The molecular formula is C26H30N4O2. The third kappa shape index (κ3) is 3.48. The molecule has 6 rings (SSSR count). The maximum absolute atomic E-state index is 13.0. The Kier molecular flexibility index (Phi) is 4.84. The summed E-state index contributed by atoms with van der Waals surface area (Å²) in [4.78, 5) is 32.8. The lowest BCUT2D eigenvalue weighted by Crippen LogP contribution is -2.49. The van der Waals surface area contributed by atoms with Gasteiger partial charge in [-0.05, 0) is 48.1 Å². The number of piperidine rings is 1. The van der Waals surface area contributed by atoms with Crippen molar-refractivity contribution in [2.45, 2.75) is 46.2 Å². The van der Waals surface area contributed by atoms with E-state index in [9.17, 15) is 9.59 Å². The number of aromatic nitrogens is 3. The summed E-state index contributed by atoms with van der Waals surface area (Å²) >= 11 is 0. The molecule has 166 valence electrons. The van der Waals surface area contributed by atoms with Gasteiger partial charge in [-0.1, -0.05) is 45.0 Å². The summed E-state index contributed by atoms with van der Waals surface area (Å²) in [5, 5.41) is 0. The van der Waals surface area contributed by atoms with Crippen LogP contribution in [0.2, 0.25) is 0 Å². The quantitative estimate of drug-likeness (QED) is 0.629. The lowest BCUT2D eigenvalue weighted by atomic mass is 9.78. The topological polar surface area (TPSA) is 60.1 Å². The summed E-state index contributed by atoms with van der Waals surface area (Å²) in [5.41, 5.74) is 4.42. The molecule has 4 heterocycles. The van der Waals surface area contributed by atoms with Crippen LogP contribution in [0.3, 0.4) is 0 Å². The van der Waals surface area contributed by atoms with Gasteiger partial charge in [-0.3, -0.25) is 13.9 Å². The van der Waals surface area contributed by atoms with Crippen molar-refractivity contribution in [1.29, 1.82) is 0 Å². The second-order valence-corrected chi connectivity index (χ2v) is 10.3. The van der Waals surface area contributed by atoms with Gasteiger partial charge >= 0.3 is 5.69 Å². The normalized spacial score (nSPS) is 20.6. The molecule has 0 radical (unpaired) electrons. The molecule has 2 aromatic heterocycles. The highest BCUT2D eigenvalue weighted by atomic mass is 16.2. The van der Waals surface area contributed by atoms with Crippen molar-refractivity contribution in [2.75, 3.05) is 6.54 Å². The minimum atomic E-state index is -0.0293. The number of carbonyl (C=O) groups is 1. The lowest BCUT2D eigenvalue weighted by Gasteiger charge is -2.44. The Morgan fingerprint density at radius 3 is 2.50 bits per heavy atom. The first-order valence-electron chi connectivity index (χ1n) is 11.4. The third-order valence-corrected chi connectivity index (χ3v) is 6.63. The summed E-state index contributed by atoms with van der Waals surface area (Å²) in [6, 6.07) is 13.7. The van der Waals surface area contributed by atoms with Crippen molar-refractivity contribution < 1.29 is 4.79 Å². The summed E-state index contributed by atoms with van der Waals surface area (Å²) in [5.74, 6) is 0.368. The van der Waals surface area contributed by atoms with Crippen molar-refractivity contribution >= 4 is 22.6 Å². The van der Waals surface area contributed by atoms with E-state index < -0.39 is 0 Å². The van der Waals surface area contributed by atoms with E-state index in [1.165, 1.54) is 5.57 Å². The minimum absolute atomic E-state index is 0.00339. The van der Waals surface area contributed by atoms with Gasteiger partial charge in [0.2, 0.25) is 0 Å². The zero-order chi connectivity index (χ0) is 22.6. The lowest BCUT2D eigenvalue weighted by molar-refractivity contribution is 0.0609. The smallest absolute Gasteiger partial charge is 0.330 e. The zero-order valence-electron chi connectivity index (χ0n) is 19.2. The highest BCUT2D eigenvalue weighted by Gasteiger charge is 2.38. The van der Waals surface area contributed by atoms with Crippen molar-refractivity contribution in [3.63, 3.8) is 0 Å². The number of carbonyl (C=O) groups excluding carboxylic acids is 1. The van der Waals surface area contributed by atoms with Crippen molar-refractivity contribution in [1.82, 2.24) is 19.0 Å². The van der Waals surface area contributed by atoms with Gasteiger partial charge in [0.05, 0.1) is 17.3 Å². The van der Waals surface area contributed by atoms with Crippen molar-refractivity contribution in [2.24, 2.45) is 18.4 Å². The molecule has 2 bridgehead atoms. The van der Waals surface area contributed by atoms with Crippen LogP contribution < -0.4 is 5.69 Å². The van der Waals surface area contributed by atoms with Gasteiger partial charge < -0.3 is 4.90 Å². The maximum atomic E-state index is 13.0. The molecular weight excluding hydrogens is 400 g/mol. The van der Waals surface area contributed by atoms with Gasteiger partial charge in [0, 0.05) is 31.6 Å². The van der Waals surface area contributed by atoms with Crippen molar-refractivity contribution in [3.05, 3.63) is 70.3 Å². The minimum Gasteiger partial charge on any atom is -0.332 e. The fourth-order valence-corrected chi connectivity index (χ4v) is 5.10. The van der Waals surface area contributed by atoms with Gasteiger partial charge in [0.25, 0.3) is 5.91 Å². The number of pyridine rings is 1. The molecule has 0 N–H and O–H groups in total. The Hall–Kier alpha value is -3.15. The Morgan fingerprint density at radius 2 is 1.84 bits per heavy atom. The summed E-state index contributed by atoms with van der Waals surface area (Å²) in [6.07, 6.45) is 4.26. The second kappa shape index (κ2) is 7.47. The molecule has 2 unspecified atom stereocenters. The molecule has 3 aliphatic rings. The number of amides is 1. The Labute approximate surface area is 188 Å². The molecule has 1 aromatic carbocycles. The van der Waals surface area contributed by atoms with E-state index >= 15 is 0 Å². The van der Waals surface area contributed by atoms with E-state index in [4.69, 9.17) is 4.98 Å². The number of rotatable bonds is 3. The summed E-state index contributed by atoms with van der Waals surface area (Å²) < 4.78 is 3.48.